The van der Waals surface area contributed by atoms with Crippen molar-refractivity contribution >= 4 is 23.0 Å². The van der Waals surface area contributed by atoms with Crippen LogP contribution in [0.2, 0.25) is 0 Å². The van der Waals surface area contributed by atoms with E-state index in [1.807, 2.05) is 0 Å². The summed E-state index contributed by atoms with van der Waals surface area (Å²) in [5, 5.41) is 10.9. The highest BCUT2D eigenvalue weighted by molar-refractivity contribution is 5.90. The molecule has 14 heavy (non-hydrogen) atoms. The molecule has 0 aliphatic rings. The summed E-state index contributed by atoms with van der Waals surface area (Å²) in [5.74, 6) is 0. The zero-order chi connectivity index (χ0) is 10.1. The van der Waals surface area contributed by atoms with Crippen LogP contribution in [0.3, 0.4) is 0 Å². The van der Waals surface area contributed by atoms with E-state index in [9.17, 15) is 14.9 Å². The summed E-state index contributed by atoms with van der Waals surface area (Å²) in [4.78, 5) is 27.0. The second kappa shape index (κ2) is 2.91. The Morgan fingerprint density at radius 2 is 2.36 bits per heavy atom. The van der Waals surface area contributed by atoms with Crippen molar-refractivity contribution < 1.29 is 9.72 Å². The van der Waals surface area contributed by atoms with Gasteiger partial charge in [-0.2, -0.15) is 0 Å². The van der Waals surface area contributed by atoms with Gasteiger partial charge in [-0.25, -0.2) is 4.98 Å². The lowest BCUT2D eigenvalue weighted by molar-refractivity contribution is -0.383. The number of nitrogens with zero attached hydrogens (tertiary/aromatic N) is 2. The summed E-state index contributed by atoms with van der Waals surface area (Å²) >= 11 is 0. The molecule has 2 aromatic heterocycles. The third kappa shape index (κ3) is 1.13. The summed E-state index contributed by atoms with van der Waals surface area (Å²) in [6.45, 7) is 0. The van der Waals surface area contributed by atoms with Crippen LogP contribution in [0.15, 0.2) is 18.5 Å². The molecule has 0 aliphatic carbocycles. The van der Waals surface area contributed by atoms with E-state index < -0.39 is 4.92 Å². The number of nitro groups is 1. The SMILES string of the molecule is O=Cc1cnc2[nH]cc([N+](=O)[O-])c2c1. The van der Waals surface area contributed by atoms with Crippen molar-refractivity contribution in [3.05, 3.63) is 34.1 Å². The van der Waals surface area contributed by atoms with Gasteiger partial charge in [0.15, 0.2) is 6.29 Å². The topological polar surface area (TPSA) is 88.9 Å². The molecule has 0 aliphatic heterocycles. The molecule has 0 amide bonds. The minimum Gasteiger partial charge on any atom is -0.340 e. The molecule has 70 valence electrons. The van der Waals surface area contributed by atoms with E-state index in [-0.39, 0.29) is 5.69 Å². The predicted molar refractivity (Wildman–Crippen MR) is 48.1 cm³/mol. The first-order chi connectivity index (χ1) is 6.72. The third-order valence-corrected chi connectivity index (χ3v) is 1.86. The van der Waals surface area contributed by atoms with Gasteiger partial charge in [-0.05, 0) is 6.07 Å². The molecule has 2 heterocycles. The number of aromatic nitrogens is 2. The van der Waals surface area contributed by atoms with Crippen LogP contribution in [0.1, 0.15) is 10.4 Å². The summed E-state index contributed by atoms with van der Waals surface area (Å²) in [7, 11) is 0. The van der Waals surface area contributed by atoms with Crippen molar-refractivity contribution in [3.63, 3.8) is 0 Å². The zero-order valence-corrected chi connectivity index (χ0v) is 6.93. The Morgan fingerprint density at radius 1 is 1.57 bits per heavy atom. The van der Waals surface area contributed by atoms with Crippen LogP contribution in [0.4, 0.5) is 5.69 Å². The molecular formula is C8H5N3O3. The van der Waals surface area contributed by atoms with Gasteiger partial charge in [0.1, 0.15) is 5.65 Å². The monoisotopic (exact) mass is 191 g/mol. The van der Waals surface area contributed by atoms with E-state index in [4.69, 9.17) is 0 Å². The molecule has 0 radical (unpaired) electrons. The molecule has 0 saturated heterocycles. The summed E-state index contributed by atoms with van der Waals surface area (Å²) in [6, 6.07) is 1.43. The number of rotatable bonds is 2. The van der Waals surface area contributed by atoms with Crippen LogP contribution >= 0.6 is 0 Å². The highest BCUT2D eigenvalue weighted by Crippen LogP contribution is 2.23. The van der Waals surface area contributed by atoms with Crippen LogP contribution in [-0.4, -0.2) is 21.2 Å². The minimum absolute atomic E-state index is 0.0730. The maximum atomic E-state index is 10.5. The standard InChI is InChI=1S/C8H5N3O3/c12-4-5-1-6-7(11(13)14)3-10-8(6)9-2-5/h1-4H,(H,9,10). The number of hydrogen-bond donors (Lipinski definition) is 1. The van der Waals surface area contributed by atoms with Gasteiger partial charge in [-0.1, -0.05) is 0 Å². The Kier molecular flexibility index (Phi) is 1.74. The van der Waals surface area contributed by atoms with E-state index in [2.05, 4.69) is 9.97 Å². The number of aromatic amines is 1. The van der Waals surface area contributed by atoms with E-state index in [1.54, 1.807) is 0 Å². The third-order valence-electron chi connectivity index (χ3n) is 1.86. The van der Waals surface area contributed by atoms with Crippen LogP contribution in [0.25, 0.3) is 11.0 Å². The molecular weight excluding hydrogens is 186 g/mol. The Balaban J connectivity index is 2.75. The molecule has 0 fully saturated rings. The summed E-state index contributed by atoms with van der Waals surface area (Å²) in [5.41, 5.74) is 0.652. The summed E-state index contributed by atoms with van der Waals surface area (Å²) in [6.07, 6.45) is 3.21. The van der Waals surface area contributed by atoms with Gasteiger partial charge in [-0.3, -0.25) is 14.9 Å². The van der Waals surface area contributed by atoms with Crippen molar-refractivity contribution in [3.8, 4) is 0 Å². The lowest BCUT2D eigenvalue weighted by Crippen LogP contribution is -1.87. The first-order valence-corrected chi connectivity index (χ1v) is 3.79. The van der Waals surface area contributed by atoms with Crippen molar-refractivity contribution in [2.45, 2.75) is 0 Å². The van der Waals surface area contributed by atoms with E-state index in [0.717, 1.165) is 0 Å². The highest BCUT2D eigenvalue weighted by atomic mass is 16.6. The van der Waals surface area contributed by atoms with Gasteiger partial charge >= 0.3 is 0 Å². The number of aldehydes is 1. The Hall–Kier alpha value is -2.24. The lowest BCUT2D eigenvalue weighted by atomic mass is 10.2. The van der Waals surface area contributed by atoms with E-state index in [1.165, 1.54) is 18.5 Å². The molecule has 0 spiro atoms. The number of H-pyrrole nitrogens is 1. The maximum absolute atomic E-state index is 10.5. The fourth-order valence-corrected chi connectivity index (χ4v) is 1.22. The van der Waals surface area contributed by atoms with Crippen LogP contribution in [0, 0.1) is 10.1 Å². The van der Waals surface area contributed by atoms with Crippen LogP contribution in [-0.2, 0) is 0 Å². The minimum atomic E-state index is -0.519. The lowest BCUT2D eigenvalue weighted by Gasteiger charge is -1.90. The molecule has 2 aromatic rings. The molecule has 0 atom stereocenters. The first kappa shape index (κ1) is 8.36. The van der Waals surface area contributed by atoms with Gasteiger partial charge in [-0.15, -0.1) is 0 Å². The van der Waals surface area contributed by atoms with Crippen LogP contribution < -0.4 is 0 Å². The van der Waals surface area contributed by atoms with Crippen molar-refractivity contribution in [2.24, 2.45) is 0 Å². The molecule has 0 aromatic carbocycles. The van der Waals surface area contributed by atoms with Gasteiger partial charge in [0.25, 0.3) is 5.69 Å². The van der Waals surface area contributed by atoms with Gasteiger partial charge < -0.3 is 4.98 Å². The number of carbonyl (C=O) groups is 1. The largest absolute Gasteiger partial charge is 0.340 e. The number of hydrogen-bond acceptors (Lipinski definition) is 4. The van der Waals surface area contributed by atoms with E-state index in [0.29, 0.717) is 22.9 Å². The van der Waals surface area contributed by atoms with Crippen molar-refractivity contribution in [1.29, 1.82) is 0 Å². The van der Waals surface area contributed by atoms with Gasteiger partial charge in [0, 0.05) is 11.8 Å². The second-order valence-corrected chi connectivity index (χ2v) is 2.71. The average molecular weight is 191 g/mol. The van der Waals surface area contributed by atoms with E-state index >= 15 is 0 Å². The molecule has 0 saturated carbocycles. The molecule has 6 heteroatoms. The highest BCUT2D eigenvalue weighted by Gasteiger charge is 2.14. The van der Waals surface area contributed by atoms with Gasteiger partial charge in [0.05, 0.1) is 16.5 Å². The first-order valence-electron chi connectivity index (χ1n) is 3.79. The predicted octanol–water partition coefficient (Wildman–Crippen LogP) is 1.28. The average Bonchev–Trinajstić information content (AvgIpc) is 2.59. The number of fused-ring (bicyclic) bond motifs is 1. The number of nitrogens with one attached hydrogen (secondary N) is 1. The molecule has 1 N–H and O–H groups in total. The molecule has 2 rings (SSSR count). The molecule has 0 bridgehead atoms. The fourth-order valence-electron chi connectivity index (χ4n) is 1.22. The number of pyridine rings is 1. The number of carbonyl (C=O) groups excluding carboxylic acids is 1. The Bertz CT molecular complexity index is 518. The van der Waals surface area contributed by atoms with Gasteiger partial charge in [0.2, 0.25) is 0 Å². The van der Waals surface area contributed by atoms with Crippen molar-refractivity contribution in [2.75, 3.05) is 0 Å². The van der Waals surface area contributed by atoms with Crippen molar-refractivity contribution in [1.82, 2.24) is 9.97 Å². The van der Waals surface area contributed by atoms with Crippen LogP contribution in [0.5, 0.6) is 0 Å². The Labute approximate surface area is 77.7 Å². The Morgan fingerprint density at radius 3 is 3.00 bits per heavy atom. The molecule has 0 unspecified atom stereocenters. The fraction of sp³-hybridized carbons (Fsp3) is 0. The normalized spacial score (nSPS) is 10.3. The maximum Gasteiger partial charge on any atom is 0.296 e. The molecule has 6 nitrogen and oxygen atoms in total. The summed E-state index contributed by atoms with van der Waals surface area (Å²) < 4.78 is 0. The quantitative estimate of drug-likeness (QED) is 0.440. The smallest absolute Gasteiger partial charge is 0.296 e. The second-order valence-electron chi connectivity index (χ2n) is 2.71. The zero-order valence-electron chi connectivity index (χ0n) is 6.93.